The number of halogens is 1. The van der Waals surface area contributed by atoms with E-state index in [9.17, 15) is 17.6 Å². The third-order valence-corrected chi connectivity index (χ3v) is 5.08. The Bertz CT molecular complexity index is 1030. The highest BCUT2D eigenvalue weighted by Crippen LogP contribution is 2.25. The van der Waals surface area contributed by atoms with Crippen molar-refractivity contribution in [2.45, 2.75) is 16.8 Å². The number of aldehydes is 1. The Morgan fingerprint density at radius 3 is 2.62 bits per heavy atom. The average Bonchev–Trinajstić information content (AvgIpc) is 3.00. The normalized spacial score (nSPS) is 11.4. The summed E-state index contributed by atoms with van der Waals surface area (Å²) in [6, 6.07) is 10.2. The third kappa shape index (κ3) is 2.71. The molecule has 0 atom stereocenters. The van der Waals surface area contributed by atoms with Crippen molar-refractivity contribution in [2.75, 3.05) is 0 Å². The minimum atomic E-state index is -4.00. The molecule has 0 radical (unpaired) electrons. The molecule has 0 N–H and O–H groups in total. The first kappa shape index (κ1) is 16.0. The fourth-order valence-corrected chi connectivity index (χ4v) is 3.72. The molecule has 2 heterocycles. The van der Waals surface area contributed by atoms with Gasteiger partial charge in [-0.2, -0.15) is 9.49 Å². The van der Waals surface area contributed by atoms with Gasteiger partial charge in [-0.25, -0.2) is 18.1 Å². The zero-order chi connectivity index (χ0) is 17.3. The predicted octanol–water partition coefficient (Wildman–Crippen LogP) is 2.36. The summed E-state index contributed by atoms with van der Waals surface area (Å²) in [7, 11) is -4.00. The molecule has 0 unspecified atom stereocenters. The second-order valence-electron chi connectivity index (χ2n) is 5.07. The molecule has 0 aliphatic heterocycles. The standard InChI is InChI=1S/C16H12FN3O3S/c1-11-4-2-5-13(8-11)24(22,23)15-9-12(10-21)19-20(15)14-6-3-7-18-16(14)17/h2-10H,1H3. The maximum absolute atomic E-state index is 14.0. The summed E-state index contributed by atoms with van der Waals surface area (Å²) >= 11 is 0. The summed E-state index contributed by atoms with van der Waals surface area (Å²) < 4.78 is 40.6. The first-order valence-corrected chi connectivity index (χ1v) is 8.39. The van der Waals surface area contributed by atoms with E-state index in [4.69, 9.17) is 0 Å². The molecule has 0 bridgehead atoms. The van der Waals surface area contributed by atoms with Gasteiger partial charge in [0.1, 0.15) is 11.4 Å². The van der Waals surface area contributed by atoms with Gasteiger partial charge in [0.15, 0.2) is 11.3 Å². The molecule has 8 heteroatoms. The van der Waals surface area contributed by atoms with Crippen molar-refractivity contribution in [1.82, 2.24) is 14.8 Å². The van der Waals surface area contributed by atoms with E-state index in [0.717, 1.165) is 16.3 Å². The summed E-state index contributed by atoms with van der Waals surface area (Å²) in [6.45, 7) is 1.76. The highest BCUT2D eigenvalue weighted by Gasteiger charge is 2.26. The van der Waals surface area contributed by atoms with Crippen LogP contribution in [0.25, 0.3) is 5.69 Å². The zero-order valence-corrected chi connectivity index (χ0v) is 13.4. The quantitative estimate of drug-likeness (QED) is 0.535. The van der Waals surface area contributed by atoms with Crippen molar-refractivity contribution in [3.63, 3.8) is 0 Å². The van der Waals surface area contributed by atoms with E-state index in [1.807, 2.05) is 0 Å². The Hall–Kier alpha value is -2.87. The molecular formula is C16H12FN3O3S. The number of carbonyl (C=O) groups is 1. The maximum atomic E-state index is 14.0. The SMILES string of the molecule is Cc1cccc(S(=O)(=O)c2cc(C=O)nn2-c2cccnc2F)c1. The van der Waals surface area contributed by atoms with Crippen LogP contribution < -0.4 is 0 Å². The highest BCUT2D eigenvalue weighted by molar-refractivity contribution is 7.91. The van der Waals surface area contributed by atoms with E-state index in [2.05, 4.69) is 10.1 Å². The van der Waals surface area contributed by atoms with Crippen LogP contribution in [0.3, 0.4) is 0 Å². The summed E-state index contributed by atoms with van der Waals surface area (Å²) in [5.41, 5.74) is 0.478. The second-order valence-corrected chi connectivity index (χ2v) is 6.97. The number of aryl methyl sites for hydroxylation is 1. The maximum Gasteiger partial charge on any atom is 0.238 e. The van der Waals surface area contributed by atoms with Gasteiger partial charge >= 0.3 is 0 Å². The second kappa shape index (κ2) is 5.97. The summed E-state index contributed by atoms with van der Waals surface area (Å²) in [5.74, 6) is -0.890. The van der Waals surface area contributed by atoms with Gasteiger partial charge in [0.05, 0.1) is 4.90 Å². The summed E-state index contributed by atoms with van der Waals surface area (Å²) in [4.78, 5) is 14.5. The van der Waals surface area contributed by atoms with Crippen LogP contribution in [0.5, 0.6) is 0 Å². The minimum absolute atomic E-state index is 0.0328. The van der Waals surface area contributed by atoms with E-state index < -0.39 is 15.8 Å². The fourth-order valence-electron chi connectivity index (χ4n) is 2.24. The van der Waals surface area contributed by atoms with Crippen molar-refractivity contribution >= 4 is 16.1 Å². The Kier molecular flexibility index (Phi) is 3.98. The summed E-state index contributed by atoms with van der Waals surface area (Å²) in [6.07, 6.45) is 1.64. The van der Waals surface area contributed by atoms with E-state index in [0.29, 0.717) is 6.29 Å². The Balaban J connectivity index is 2.27. The molecule has 1 aromatic carbocycles. The van der Waals surface area contributed by atoms with Crippen LogP contribution in [-0.4, -0.2) is 29.5 Å². The van der Waals surface area contributed by atoms with Gasteiger partial charge in [-0.3, -0.25) is 4.79 Å². The number of carbonyl (C=O) groups excluding carboxylic acids is 1. The molecule has 122 valence electrons. The lowest BCUT2D eigenvalue weighted by Gasteiger charge is -2.09. The number of benzene rings is 1. The molecular weight excluding hydrogens is 333 g/mol. The molecule has 0 spiro atoms. The van der Waals surface area contributed by atoms with E-state index >= 15 is 0 Å². The number of hydrogen-bond donors (Lipinski definition) is 0. The van der Waals surface area contributed by atoms with Crippen molar-refractivity contribution in [2.24, 2.45) is 0 Å². The minimum Gasteiger partial charge on any atom is -0.296 e. The molecule has 0 fully saturated rings. The van der Waals surface area contributed by atoms with Crippen LogP contribution in [-0.2, 0) is 9.84 Å². The van der Waals surface area contributed by atoms with E-state index in [-0.39, 0.29) is 21.3 Å². The smallest absolute Gasteiger partial charge is 0.238 e. The highest BCUT2D eigenvalue weighted by atomic mass is 32.2. The first-order valence-electron chi connectivity index (χ1n) is 6.91. The molecule has 0 saturated heterocycles. The van der Waals surface area contributed by atoms with E-state index in [1.54, 1.807) is 19.1 Å². The Labute approximate surface area is 137 Å². The summed E-state index contributed by atoms with van der Waals surface area (Å²) in [5, 5.41) is 3.56. The number of sulfone groups is 1. The molecule has 3 aromatic rings. The van der Waals surface area contributed by atoms with E-state index in [1.165, 1.54) is 30.5 Å². The molecule has 0 saturated carbocycles. The lowest BCUT2D eigenvalue weighted by molar-refractivity contribution is 0.111. The van der Waals surface area contributed by atoms with Crippen molar-refractivity contribution in [3.8, 4) is 5.69 Å². The van der Waals surface area contributed by atoms with Gasteiger partial charge < -0.3 is 0 Å². The first-order chi connectivity index (χ1) is 11.4. The van der Waals surface area contributed by atoms with Gasteiger partial charge in [0.25, 0.3) is 0 Å². The zero-order valence-electron chi connectivity index (χ0n) is 12.5. The Morgan fingerprint density at radius 1 is 1.17 bits per heavy atom. The Morgan fingerprint density at radius 2 is 1.96 bits per heavy atom. The third-order valence-electron chi connectivity index (χ3n) is 3.36. The van der Waals surface area contributed by atoms with Crippen LogP contribution in [0.2, 0.25) is 0 Å². The van der Waals surface area contributed by atoms with Crippen LogP contribution in [0.4, 0.5) is 4.39 Å². The fraction of sp³-hybridized carbons (Fsp3) is 0.0625. The van der Waals surface area contributed by atoms with Gasteiger partial charge in [0.2, 0.25) is 15.8 Å². The number of rotatable bonds is 4. The lowest BCUT2D eigenvalue weighted by Crippen LogP contribution is -2.11. The van der Waals surface area contributed by atoms with Gasteiger partial charge in [-0.1, -0.05) is 12.1 Å². The molecule has 24 heavy (non-hydrogen) atoms. The molecule has 0 aliphatic carbocycles. The molecule has 2 aromatic heterocycles. The van der Waals surface area contributed by atoms with Gasteiger partial charge in [-0.15, -0.1) is 0 Å². The van der Waals surface area contributed by atoms with Crippen molar-refractivity contribution < 1.29 is 17.6 Å². The lowest BCUT2D eigenvalue weighted by atomic mass is 10.2. The molecule has 0 amide bonds. The number of hydrogen-bond acceptors (Lipinski definition) is 5. The molecule has 0 aliphatic rings. The van der Waals surface area contributed by atoms with Crippen molar-refractivity contribution in [1.29, 1.82) is 0 Å². The van der Waals surface area contributed by atoms with Crippen LogP contribution in [0.1, 0.15) is 16.1 Å². The van der Waals surface area contributed by atoms with Crippen LogP contribution >= 0.6 is 0 Å². The average molecular weight is 345 g/mol. The van der Waals surface area contributed by atoms with Gasteiger partial charge in [-0.05, 0) is 36.8 Å². The molecule has 6 nitrogen and oxygen atoms in total. The topological polar surface area (TPSA) is 81.9 Å². The number of aromatic nitrogens is 3. The predicted molar refractivity (Wildman–Crippen MR) is 83.3 cm³/mol. The number of pyridine rings is 1. The monoisotopic (exact) mass is 345 g/mol. The van der Waals surface area contributed by atoms with Crippen LogP contribution in [0.15, 0.2) is 58.6 Å². The number of nitrogens with zero attached hydrogens (tertiary/aromatic N) is 3. The molecule has 3 rings (SSSR count). The van der Waals surface area contributed by atoms with Gasteiger partial charge in [0, 0.05) is 12.3 Å². The largest absolute Gasteiger partial charge is 0.296 e. The van der Waals surface area contributed by atoms with Crippen LogP contribution in [0, 0.1) is 12.9 Å². The van der Waals surface area contributed by atoms with Crippen molar-refractivity contribution in [3.05, 3.63) is 65.9 Å².